The van der Waals surface area contributed by atoms with Gasteiger partial charge in [0.15, 0.2) is 5.96 Å². The highest BCUT2D eigenvalue weighted by Crippen LogP contribution is 2.31. The molecule has 6 nitrogen and oxygen atoms in total. The molecule has 1 fully saturated rings. The molecule has 0 saturated carbocycles. The molecule has 2 N–H and O–H groups in total. The average molecular weight is 356 g/mol. The van der Waals surface area contributed by atoms with Crippen LogP contribution in [0, 0.1) is 0 Å². The number of nitrogens with one attached hydrogen (secondary N) is 2. The summed E-state index contributed by atoms with van der Waals surface area (Å²) in [7, 11) is 1.64. The van der Waals surface area contributed by atoms with E-state index in [2.05, 4.69) is 20.4 Å². The standard InChI is InChI=1S/C17H26F2N4O2/c1-3-20-17(21-9-11-24-2)22-13-8-10-23(12-13)14-6-4-5-7-15(14)25-16(18)19/h4-7,13,16H,3,8-12H2,1-2H3,(H2,20,21,22). The van der Waals surface area contributed by atoms with E-state index in [1.807, 2.05) is 17.9 Å². The second-order valence-electron chi connectivity index (χ2n) is 5.68. The van der Waals surface area contributed by atoms with E-state index in [1.165, 1.54) is 0 Å². The molecule has 0 amide bonds. The molecule has 1 unspecified atom stereocenters. The molecule has 1 heterocycles. The van der Waals surface area contributed by atoms with Crippen LogP contribution in [-0.2, 0) is 4.74 Å². The van der Waals surface area contributed by atoms with Gasteiger partial charge in [0, 0.05) is 32.8 Å². The molecule has 0 bridgehead atoms. The van der Waals surface area contributed by atoms with E-state index >= 15 is 0 Å². The molecule has 0 aromatic heterocycles. The number of aliphatic imine (C=N–C) groups is 1. The second-order valence-corrected chi connectivity index (χ2v) is 5.68. The Bertz CT molecular complexity index is 557. The number of guanidine groups is 1. The van der Waals surface area contributed by atoms with Crippen LogP contribution in [0.5, 0.6) is 5.75 Å². The first-order valence-electron chi connectivity index (χ1n) is 8.46. The van der Waals surface area contributed by atoms with Crippen LogP contribution in [0.3, 0.4) is 0 Å². The van der Waals surface area contributed by atoms with Crippen LogP contribution in [0.2, 0.25) is 0 Å². The third-order valence-electron chi connectivity index (χ3n) is 3.86. The number of benzene rings is 1. The van der Waals surface area contributed by atoms with Gasteiger partial charge in [-0.15, -0.1) is 0 Å². The van der Waals surface area contributed by atoms with Crippen molar-refractivity contribution in [3.05, 3.63) is 24.3 Å². The molecule has 2 rings (SSSR count). The highest BCUT2D eigenvalue weighted by atomic mass is 19.3. The first kappa shape index (κ1) is 19.2. The van der Waals surface area contributed by atoms with Gasteiger partial charge in [-0.1, -0.05) is 12.1 Å². The van der Waals surface area contributed by atoms with Crippen molar-refractivity contribution < 1.29 is 18.3 Å². The third-order valence-corrected chi connectivity index (χ3v) is 3.86. The van der Waals surface area contributed by atoms with Crippen LogP contribution in [0.1, 0.15) is 13.3 Å². The summed E-state index contributed by atoms with van der Waals surface area (Å²) in [5, 5.41) is 6.59. The maximum atomic E-state index is 12.6. The summed E-state index contributed by atoms with van der Waals surface area (Å²) in [6.07, 6.45) is 0.887. The Morgan fingerprint density at radius 1 is 1.40 bits per heavy atom. The van der Waals surface area contributed by atoms with Crippen molar-refractivity contribution >= 4 is 11.6 Å². The fourth-order valence-corrected chi connectivity index (χ4v) is 2.77. The number of hydrogen-bond acceptors (Lipinski definition) is 4. The van der Waals surface area contributed by atoms with E-state index < -0.39 is 6.61 Å². The minimum absolute atomic E-state index is 0.181. The largest absolute Gasteiger partial charge is 0.433 e. The van der Waals surface area contributed by atoms with Gasteiger partial charge in [0.25, 0.3) is 0 Å². The third kappa shape index (κ3) is 6.04. The molecule has 25 heavy (non-hydrogen) atoms. The zero-order chi connectivity index (χ0) is 18.1. The van der Waals surface area contributed by atoms with Gasteiger partial charge in [-0.05, 0) is 25.5 Å². The molecule has 1 aromatic carbocycles. The zero-order valence-corrected chi connectivity index (χ0v) is 14.7. The van der Waals surface area contributed by atoms with Crippen LogP contribution in [-0.4, -0.2) is 58.5 Å². The lowest BCUT2D eigenvalue weighted by Gasteiger charge is -2.22. The maximum Gasteiger partial charge on any atom is 0.387 e. The topological polar surface area (TPSA) is 58.1 Å². The highest BCUT2D eigenvalue weighted by molar-refractivity contribution is 5.80. The Kier molecular flexibility index (Phi) is 7.72. The number of alkyl halides is 2. The predicted octanol–water partition coefficient (Wildman–Crippen LogP) is 2.07. The molecule has 1 aliphatic heterocycles. The molecule has 1 saturated heterocycles. The maximum absolute atomic E-state index is 12.6. The Morgan fingerprint density at radius 2 is 2.20 bits per heavy atom. The first-order chi connectivity index (χ1) is 12.1. The lowest BCUT2D eigenvalue weighted by atomic mass is 10.2. The number of ether oxygens (including phenoxy) is 2. The lowest BCUT2D eigenvalue weighted by molar-refractivity contribution is -0.0495. The van der Waals surface area contributed by atoms with Crippen LogP contribution in [0.4, 0.5) is 14.5 Å². The Labute approximate surface area is 147 Å². The summed E-state index contributed by atoms with van der Waals surface area (Å²) in [5.74, 6) is 0.947. The van der Waals surface area contributed by atoms with Gasteiger partial charge in [0.2, 0.25) is 0 Å². The van der Waals surface area contributed by atoms with Gasteiger partial charge in [-0.3, -0.25) is 4.99 Å². The number of methoxy groups -OCH3 is 1. The monoisotopic (exact) mass is 356 g/mol. The quantitative estimate of drug-likeness (QED) is 0.424. The van der Waals surface area contributed by atoms with E-state index in [0.29, 0.717) is 25.4 Å². The van der Waals surface area contributed by atoms with Crippen molar-refractivity contribution in [2.24, 2.45) is 4.99 Å². The number of rotatable bonds is 8. The van der Waals surface area contributed by atoms with Crippen molar-refractivity contribution in [3.63, 3.8) is 0 Å². The molecular formula is C17H26F2N4O2. The van der Waals surface area contributed by atoms with Crippen molar-refractivity contribution in [3.8, 4) is 5.75 Å². The number of para-hydroxylation sites is 2. The van der Waals surface area contributed by atoms with E-state index in [0.717, 1.165) is 25.5 Å². The number of anilines is 1. The number of hydrogen-bond donors (Lipinski definition) is 2. The van der Waals surface area contributed by atoms with Gasteiger partial charge < -0.3 is 25.0 Å². The fraction of sp³-hybridized carbons (Fsp3) is 0.588. The summed E-state index contributed by atoms with van der Waals surface area (Å²) in [6, 6.07) is 7.07. The smallest absolute Gasteiger partial charge is 0.387 e. The number of halogens is 2. The molecule has 1 atom stereocenters. The summed E-state index contributed by atoms with van der Waals surface area (Å²) in [4.78, 5) is 6.50. The zero-order valence-electron chi connectivity index (χ0n) is 14.7. The van der Waals surface area contributed by atoms with Crippen LogP contribution < -0.4 is 20.3 Å². The minimum Gasteiger partial charge on any atom is -0.433 e. The van der Waals surface area contributed by atoms with Crippen molar-refractivity contribution in [1.29, 1.82) is 0 Å². The van der Waals surface area contributed by atoms with E-state index in [-0.39, 0.29) is 11.8 Å². The molecule has 8 heteroatoms. The Hall–Kier alpha value is -2.09. The fourth-order valence-electron chi connectivity index (χ4n) is 2.77. The normalized spacial score (nSPS) is 17.9. The first-order valence-corrected chi connectivity index (χ1v) is 8.46. The highest BCUT2D eigenvalue weighted by Gasteiger charge is 2.25. The van der Waals surface area contributed by atoms with Crippen LogP contribution in [0.25, 0.3) is 0 Å². The van der Waals surface area contributed by atoms with Gasteiger partial charge in [-0.2, -0.15) is 8.78 Å². The van der Waals surface area contributed by atoms with Crippen LogP contribution in [0.15, 0.2) is 29.3 Å². The molecule has 1 aromatic rings. The van der Waals surface area contributed by atoms with E-state index in [9.17, 15) is 8.78 Å². The van der Waals surface area contributed by atoms with Crippen LogP contribution >= 0.6 is 0 Å². The summed E-state index contributed by atoms with van der Waals surface area (Å²) in [5.41, 5.74) is 0.688. The summed E-state index contributed by atoms with van der Waals surface area (Å²) in [6.45, 7) is 2.54. The van der Waals surface area contributed by atoms with Crippen molar-refractivity contribution in [2.45, 2.75) is 26.0 Å². The Morgan fingerprint density at radius 3 is 2.92 bits per heavy atom. The molecular weight excluding hydrogens is 330 g/mol. The van der Waals surface area contributed by atoms with Gasteiger partial charge in [-0.25, -0.2) is 0 Å². The molecule has 140 valence electrons. The molecule has 0 aliphatic carbocycles. The van der Waals surface area contributed by atoms with Gasteiger partial charge in [0.1, 0.15) is 5.75 Å². The minimum atomic E-state index is -2.83. The van der Waals surface area contributed by atoms with Crippen molar-refractivity contribution in [1.82, 2.24) is 10.6 Å². The van der Waals surface area contributed by atoms with E-state index in [4.69, 9.17) is 4.74 Å². The van der Waals surface area contributed by atoms with Crippen molar-refractivity contribution in [2.75, 3.05) is 44.8 Å². The SMILES string of the molecule is CCNC(=NCCOC)NC1CCN(c2ccccc2OC(F)F)C1. The molecule has 0 spiro atoms. The lowest BCUT2D eigenvalue weighted by Crippen LogP contribution is -2.44. The Balaban J connectivity index is 1.97. The summed E-state index contributed by atoms with van der Waals surface area (Å²) >= 11 is 0. The van der Waals surface area contributed by atoms with Gasteiger partial charge >= 0.3 is 6.61 Å². The predicted molar refractivity (Wildman–Crippen MR) is 94.7 cm³/mol. The molecule has 1 aliphatic rings. The van der Waals surface area contributed by atoms with E-state index in [1.54, 1.807) is 25.3 Å². The average Bonchev–Trinajstić information content (AvgIpc) is 3.03. The summed E-state index contributed by atoms with van der Waals surface area (Å²) < 4.78 is 34.8. The second kappa shape index (κ2) is 10.0. The number of nitrogens with zero attached hydrogens (tertiary/aromatic N) is 2. The van der Waals surface area contributed by atoms with Gasteiger partial charge in [0.05, 0.1) is 18.8 Å². The molecule has 0 radical (unpaired) electrons.